The van der Waals surface area contributed by atoms with Crippen molar-refractivity contribution in [3.63, 3.8) is 0 Å². The molecule has 0 saturated carbocycles. The summed E-state index contributed by atoms with van der Waals surface area (Å²) in [5.74, 6) is 0.831. The number of hydrogen-bond donors (Lipinski definition) is 1. The second kappa shape index (κ2) is 6.09. The number of thioether (sulfide) groups is 1. The molecule has 0 aromatic heterocycles. The fourth-order valence-electron chi connectivity index (χ4n) is 2.61. The van der Waals surface area contributed by atoms with E-state index >= 15 is 0 Å². The molecular formula is C15H21NOS. The topological polar surface area (TPSA) is 21.3 Å². The highest BCUT2D eigenvalue weighted by atomic mass is 32.2. The highest BCUT2D eigenvalue weighted by molar-refractivity contribution is 8.00. The van der Waals surface area contributed by atoms with Crippen molar-refractivity contribution in [3.05, 3.63) is 29.8 Å². The Morgan fingerprint density at radius 1 is 1.22 bits per heavy atom. The summed E-state index contributed by atoms with van der Waals surface area (Å²) in [6.45, 7) is 4.23. The Morgan fingerprint density at radius 3 is 2.67 bits per heavy atom. The van der Waals surface area contributed by atoms with Gasteiger partial charge < -0.3 is 10.1 Å². The van der Waals surface area contributed by atoms with Crippen LogP contribution in [-0.4, -0.2) is 31.6 Å². The van der Waals surface area contributed by atoms with Crippen LogP contribution in [0.15, 0.2) is 29.2 Å². The first-order valence-electron chi connectivity index (χ1n) is 6.94. The molecule has 18 heavy (non-hydrogen) atoms. The van der Waals surface area contributed by atoms with Gasteiger partial charge in [0.25, 0.3) is 0 Å². The van der Waals surface area contributed by atoms with E-state index in [2.05, 4.69) is 29.6 Å². The molecule has 3 rings (SSSR count). The maximum absolute atomic E-state index is 5.20. The SMILES string of the molecule is c1cc(SC2COC2)ccc1CC1CCCNC1. The number of hydrogen-bond acceptors (Lipinski definition) is 3. The van der Waals surface area contributed by atoms with Crippen molar-refractivity contribution in [1.29, 1.82) is 0 Å². The summed E-state index contributed by atoms with van der Waals surface area (Å²) in [5, 5.41) is 4.17. The van der Waals surface area contributed by atoms with E-state index in [4.69, 9.17) is 4.74 Å². The van der Waals surface area contributed by atoms with Crippen molar-refractivity contribution >= 4 is 11.8 Å². The third-order valence-electron chi connectivity index (χ3n) is 3.76. The Labute approximate surface area is 113 Å². The van der Waals surface area contributed by atoms with E-state index in [0.29, 0.717) is 5.25 Å². The largest absolute Gasteiger partial charge is 0.379 e. The quantitative estimate of drug-likeness (QED) is 0.902. The summed E-state index contributed by atoms with van der Waals surface area (Å²) >= 11 is 1.95. The molecule has 98 valence electrons. The van der Waals surface area contributed by atoms with E-state index in [9.17, 15) is 0 Å². The number of piperidine rings is 1. The summed E-state index contributed by atoms with van der Waals surface area (Å²) in [4.78, 5) is 1.38. The van der Waals surface area contributed by atoms with Crippen molar-refractivity contribution in [2.24, 2.45) is 5.92 Å². The van der Waals surface area contributed by atoms with Crippen LogP contribution in [0.4, 0.5) is 0 Å². The summed E-state index contributed by atoms with van der Waals surface area (Å²) in [6.07, 6.45) is 3.94. The molecular weight excluding hydrogens is 242 g/mol. The Morgan fingerprint density at radius 2 is 2.06 bits per heavy atom. The first-order valence-corrected chi connectivity index (χ1v) is 7.82. The number of rotatable bonds is 4. The van der Waals surface area contributed by atoms with Gasteiger partial charge in [-0.15, -0.1) is 11.8 Å². The van der Waals surface area contributed by atoms with E-state index < -0.39 is 0 Å². The molecule has 3 heteroatoms. The predicted molar refractivity (Wildman–Crippen MR) is 76.2 cm³/mol. The molecule has 0 amide bonds. The summed E-state index contributed by atoms with van der Waals surface area (Å²) in [6, 6.07) is 9.15. The Kier molecular flexibility index (Phi) is 4.24. The molecule has 2 aliphatic rings. The van der Waals surface area contributed by atoms with Gasteiger partial charge in [0.2, 0.25) is 0 Å². The zero-order chi connectivity index (χ0) is 12.2. The number of benzene rings is 1. The van der Waals surface area contributed by atoms with Gasteiger partial charge in [-0.1, -0.05) is 12.1 Å². The maximum Gasteiger partial charge on any atom is 0.0611 e. The van der Waals surface area contributed by atoms with Gasteiger partial charge in [0.05, 0.1) is 18.5 Å². The summed E-state index contributed by atoms with van der Waals surface area (Å²) in [7, 11) is 0. The van der Waals surface area contributed by atoms with Crippen LogP contribution in [0.2, 0.25) is 0 Å². The smallest absolute Gasteiger partial charge is 0.0611 e. The van der Waals surface area contributed by atoms with E-state index in [1.54, 1.807) is 0 Å². The Bertz CT molecular complexity index is 369. The highest BCUT2D eigenvalue weighted by Gasteiger charge is 2.19. The Hall–Kier alpha value is -0.510. The Balaban J connectivity index is 1.52. The third-order valence-corrected chi connectivity index (χ3v) is 4.91. The van der Waals surface area contributed by atoms with Gasteiger partial charge in [0.1, 0.15) is 0 Å². The highest BCUT2D eigenvalue weighted by Crippen LogP contribution is 2.28. The molecule has 1 unspecified atom stereocenters. The molecule has 0 spiro atoms. The average Bonchev–Trinajstić information content (AvgIpc) is 2.37. The zero-order valence-electron chi connectivity index (χ0n) is 10.7. The predicted octanol–water partition coefficient (Wildman–Crippen LogP) is 2.72. The fourth-order valence-corrected chi connectivity index (χ4v) is 3.62. The normalized spacial score (nSPS) is 24.8. The van der Waals surface area contributed by atoms with Crippen LogP contribution >= 0.6 is 11.8 Å². The maximum atomic E-state index is 5.20. The first-order chi connectivity index (χ1) is 8.90. The molecule has 0 radical (unpaired) electrons. The molecule has 2 nitrogen and oxygen atoms in total. The van der Waals surface area contributed by atoms with Crippen molar-refractivity contribution in [3.8, 4) is 0 Å². The number of ether oxygens (including phenoxy) is 1. The van der Waals surface area contributed by atoms with Crippen LogP contribution in [-0.2, 0) is 11.2 Å². The van der Waals surface area contributed by atoms with Crippen molar-refractivity contribution in [2.75, 3.05) is 26.3 Å². The van der Waals surface area contributed by atoms with Crippen molar-refractivity contribution in [2.45, 2.75) is 29.4 Å². The zero-order valence-corrected chi connectivity index (χ0v) is 11.5. The first kappa shape index (κ1) is 12.5. The van der Waals surface area contributed by atoms with E-state index in [1.807, 2.05) is 11.8 Å². The van der Waals surface area contributed by atoms with E-state index in [-0.39, 0.29) is 0 Å². The van der Waals surface area contributed by atoms with Gasteiger partial charge in [-0.3, -0.25) is 0 Å². The molecule has 2 fully saturated rings. The van der Waals surface area contributed by atoms with Gasteiger partial charge in [0, 0.05) is 4.90 Å². The van der Waals surface area contributed by atoms with Gasteiger partial charge >= 0.3 is 0 Å². The van der Waals surface area contributed by atoms with E-state index in [1.165, 1.54) is 42.8 Å². The standard InChI is InChI=1S/C15H21NOS/c1-2-13(9-16-7-1)8-12-3-5-14(6-4-12)18-15-10-17-11-15/h3-6,13,15-16H,1-2,7-11H2. The van der Waals surface area contributed by atoms with Crippen LogP contribution in [0.1, 0.15) is 18.4 Å². The third kappa shape index (κ3) is 3.28. The molecule has 0 bridgehead atoms. The van der Waals surface area contributed by atoms with E-state index in [0.717, 1.165) is 19.1 Å². The molecule has 1 aromatic carbocycles. The molecule has 1 N–H and O–H groups in total. The summed E-state index contributed by atoms with van der Waals surface area (Å²) < 4.78 is 5.20. The lowest BCUT2D eigenvalue weighted by Crippen LogP contribution is -2.30. The molecule has 1 aromatic rings. The molecule has 2 saturated heterocycles. The monoisotopic (exact) mass is 263 g/mol. The van der Waals surface area contributed by atoms with Gasteiger partial charge in [0.15, 0.2) is 0 Å². The minimum absolute atomic E-state index is 0.679. The lowest BCUT2D eigenvalue weighted by Gasteiger charge is -2.25. The van der Waals surface area contributed by atoms with Crippen LogP contribution in [0.3, 0.4) is 0 Å². The van der Waals surface area contributed by atoms with Crippen molar-refractivity contribution in [1.82, 2.24) is 5.32 Å². The minimum atomic E-state index is 0.679. The van der Waals surface area contributed by atoms with Crippen LogP contribution in [0, 0.1) is 5.92 Å². The fraction of sp³-hybridized carbons (Fsp3) is 0.600. The lowest BCUT2D eigenvalue weighted by molar-refractivity contribution is 0.0455. The molecule has 2 heterocycles. The molecule has 1 atom stereocenters. The molecule has 0 aliphatic carbocycles. The summed E-state index contributed by atoms with van der Waals surface area (Å²) in [5.41, 5.74) is 1.48. The van der Waals surface area contributed by atoms with Crippen LogP contribution in [0.5, 0.6) is 0 Å². The van der Waals surface area contributed by atoms with Gasteiger partial charge in [-0.25, -0.2) is 0 Å². The number of nitrogens with one attached hydrogen (secondary N) is 1. The van der Waals surface area contributed by atoms with Crippen LogP contribution in [0.25, 0.3) is 0 Å². The minimum Gasteiger partial charge on any atom is -0.379 e. The van der Waals surface area contributed by atoms with Crippen LogP contribution < -0.4 is 5.32 Å². The van der Waals surface area contributed by atoms with Gasteiger partial charge in [-0.05, 0) is 56.0 Å². The lowest BCUT2D eigenvalue weighted by atomic mass is 9.92. The van der Waals surface area contributed by atoms with Crippen molar-refractivity contribution < 1.29 is 4.74 Å². The second-order valence-corrected chi connectivity index (χ2v) is 6.71. The average molecular weight is 263 g/mol. The molecule has 2 aliphatic heterocycles. The van der Waals surface area contributed by atoms with Gasteiger partial charge in [-0.2, -0.15) is 0 Å². The second-order valence-electron chi connectivity index (χ2n) is 5.34.